The Morgan fingerprint density at radius 2 is 2.45 bits per heavy atom. The summed E-state index contributed by atoms with van der Waals surface area (Å²) >= 11 is 1.21. The molecule has 0 aromatic rings. The maximum absolute atomic E-state index is 9.95. The van der Waals surface area contributed by atoms with Crippen molar-refractivity contribution in [1.29, 1.82) is 0 Å². The molecule has 0 fully saturated rings. The molecule has 64 valence electrons. The van der Waals surface area contributed by atoms with Gasteiger partial charge in [0.05, 0.1) is 5.75 Å². The molecule has 0 unspecified atom stereocenters. The number of carbonyl (C=O) groups excluding carboxylic acids is 1. The minimum atomic E-state index is -0.854. The molecule has 0 saturated carbocycles. The van der Waals surface area contributed by atoms with Crippen molar-refractivity contribution < 1.29 is 19.4 Å². The lowest BCUT2D eigenvalue weighted by molar-refractivity contribution is -0.134. The van der Waals surface area contributed by atoms with E-state index in [0.717, 1.165) is 0 Å². The molecule has 5 nitrogen and oxygen atoms in total. The highest BCUT2D eigenvalue weighted by Crippen LogP contribution is 1.94. The highest BCUT2D eigenvalue weighted by molar-refractivity contribution is 7.99. The van der Waals surface area contributed by atoms with Crippen LogP contribution in [0, 0.1) is 0 Å². The fraction of sp³-hybridized carbons (Fsp3) is 0.600. The van der Waals surface area contributed by atoms with E-state index in [1.165, 1.54) is 11.8 Å². The molecule has 0 aromatic carbocycles. The van der Waals surface area contributed by atoms with E-state index in [4.69, 9.17) is 5.11 Å². The summed E-state index contributed by atoms with van der Waals surface area (Å²) in [6.45, 7) is 0.449. The molecule has 0 atom stereocenters. The number of hydrogen-bond donors (Lipinski definition) is 2. The predicted octanol–water partition coefficient (Wildman–Crippen LogP) is -0.518. The maximum Gasteiger partial charge on any atom is 0.313 e. The van der Waals surface area contributed by atoms with Crippen LogP contribution in [0.2, 0.25) is 0 Å². The number of carboxylic acids is 1. The van der Waals surface area contributed by atoms with Gasteiger partial charge in [-0.15, -0.1) is 11.8 Å². The lowest BCUT2D eigenvalue weighted by Crippen LogP contribution is -2.17. The molecule has 0 aromatic heterocycles. The van der Waals surface area contributed by atoms with Gasteiger partial charge in [-0.2, -0.15) is 0 Å². The lowest BCUT2D eigenvalue weighted by atomic mass is 10.8. The van der Waals surface area contributed by atoms with Gasteiger partial charge in [-0.25, -0.2) is 0 Å². The Hall–Kier alpha value is -0.750. The third-order valence-electron chi connectivity index (χ3n) is 0.683. The zero-order chi connectivity index (χ0) is 8.53. The molecule has 0 rings (SSSR count). The Kier molecular flexibility index (Phi) is 6.86. The highest BCUT2D eigenvalue weighted by Gasteiger charge is 1.94. The average Bonchev–Trinajstić information content (AvgIpc) is 1.96. The van der Waals surface area contributed by atoms with Crippen molar-refractivity contribution in [3.05, 3.63) is 0 Å². The third kappa shape index (κ3) is 9.25. The second-order valence-corrected chi connectivity index (χ2v) is 2.53. The van der Waals surface area contributed by atoms with E-state index in [1.807, 2.05) is 0 Å². The second-order valence-electron chi connectivity index (χ2n) is 1.54. The van der Waals surface area contributed by atoms with E-state index in [9.17, 15) is 9.59 Å². The zero-order valence-corrected chi connectivity index (χ0v) is 6.60. The van der Waals surface area contributed by atoms with E-state index in [0.29, 0.717) is 12.3 Å². The van der Waals surface area contributed by atoms with Gasteiger partial charge in [0, 0.05) is 5.88 Å². The lowest BCUT2D eigenvalue weighted by Gasteiger charge is -1.99. The van der Waals surface area contributed by atoms with Gasteiger partial charge in [0.2, 0.25) is 0 Å². The SMILES string of the molecule is O=COCNCSCC(=O)O. The Bertz CT molecular complexity index is 130. The van der Waals surface area contributed by atoms with Crippen LogP contribution in [-0.4, -0.2) is 35.9 Å². The standard InChI is InChI=1S/C5H9NO4S/c7-4-10-2-6-3-11-1-5(8)9/h4,6H,1-3H2,(H,8,9). The van der Waals surface area contributed by atoms with Gasteiger partial charge >= 0.3 is 5.97 Å². The number of thioether (sulfide) groups is 1. The Balaban J connectivity index is 2.90. The predicted molar refractivity (Wildman–Crippen MR) is 40.1 cm³/mol. The van der Waals surface area contributed by atoms with Gasteiger partial charge in [-0.05, 0) is 0 Å². The summed E-state index contributed by atoms with van der Waals surface area (Å²) in [7, 11) is 0. The Morgan fingerprint density at radius 3 is 3.00 bits per heavy atom. The van der Waals surface area contributed by atoms with Crippen molar-refractivity contribution >= 4 is 24.2 Å². The maximum atomic E-state index is 9.95. The Morgan fingerprint density at radius 1 is 1.73 bits per heavy atom. The first-order chi connectivity index (χ1) is 5.27. The summed E-state index contributed by atoms with van der Waals surface area (Å²) in [5.74, 6) is -0.345. The topological polar surface area (TPSA) is 75.6 Å². The molecular weight excluding hydrogens is 170 g/mol. The monoisotopic (exact) mass is 179 g/mol. The minimum absolute atomic E-state index is 0.0497. The molecular formula is C5H9NO4S. The number of aliphatic carboxylic acids is 1. The molecule has 0 aliphatic carbocycles. The number of hydrogen-bond acceptors (Lipinski definition) is 5. The first kappa shape index (κ1) is 10.2. The number of rotatable bonds is 7. The van der Waals surface area contributed by atoms with Crippen molar-refractivity contribution in [3.8, 4) is 0 Å². The fourth-order valence-corrected chi connectivity index (χ4v) is 0.849. The zero-order valence-electron chi connectivity index (χ0n) is 5.78. The van der Waals surface area contributed by atoms with Crippen LogP contribution >= 0.6 is 11.8 Å². The van der Waals surface area contributed by atoms with Crippen LogP contribution in [0.3, 0.4) is 0 Å². The van der Waals surface area contributed by atoms with Gasteiger partial charge in [-0.3, -0.25) is 14.9 Å². The normalized spacial score (nSPS) is 9.09. The highest BCUT2D eigenvalue weighted by atomic mass is 32.2. The van der Waals surface area contributed by atoms with Crippen molar-refractivity contribution in [1.82, 2.24) is 5.32 Å². The van der Waals surface area contributed by atoms with Gasteiger partial charge in [0.1, 0.15) is 6.73 Å². The first-order valence-electron chi connectivity index (χ1n) is 2.83. The average molecular weight is 179 g/mol. The van der Waals surface area contributed by atoms with Gasteiger partial charge < -0.3 is 9.84 Å². The summed E-state index contributed by atoms with van der Waals surface area (Å²) < 4.78 is 4.29. The number of nitrogens with one attached hydrogen (secondary N) is 1. The fourth-order valence-electron chi connectivity index (χ4n) is 0.345. The van der Waals surface area contributed by atoms with E-state index in [2.05, 4.69) is 10.1 Å². The van der Waals surface area contributed by atoms with Gasteiger partial charge in [0.15, 0.2) is 0 Å². The van der Waals surface area contributed by atoms with Crippen molar-refractivity contribution in [2.24, 2.45) is 0 Å². The van der Waals surface area contributed by atoms with Crippen LogP contribution < -0.4 is 5.32 Å². The molecule has 0 bridgehead atoms. The first-order valence-corrected chi connectivity index (χ1v) is 3.98. The molecule has 0 spiro atoms. The molecule has 2 N–H and O–H groups in total. The molecule has 0 aliphatic heterocycles. The van der Waals surface area contributed by atoms with Gasteiger partial charge in [-0.1, -0.05) is 0 Å². The molecule has 0 amide bonds. The van der Waals surface area contributed by atoms with E-state index < -0.39 is 5.97 Å². The largest absolute Gasteiger partial charge is 0.481 e. The van der Waals surface area contributed by atoms with Crippen molar-refractivity contribution in [3.63, 3.8) is 0 Å². The number of ether oxygens (including phenoxy) is 1. The molecule has 0 saturated heterocycles. The third-order valence-corrected chi connectivity index (χ3v) is 1.54. The Labute approximate surface area is 68.1 Å². The van der Waals surface area contributed by atoms with Crippen LogP contribution in [0.4, 0.5) is 0 Å². The van der Waals surface area contributed by atoms with Crippen molar-refractivity contribution in [2.75, 3.05) is 18.4 Å². The van der Waals surface area contributed by atoms with Crippen LogP contribution in [-0.2, 0) is 14.3 Å². The molecule has 0 aliphatic rings. The number of carboxylic acid groups (broad SMARTS) is 1. The molecule has 0 radical (unpaired) electrons. The number of carbonyl (C=O) groups is 2. The van der Waals surface area contributed by atoms with Gasteiger partial charge in [0.25, 0.3) is 6.47 Å². The quantitative estimate of drug-likeness (QED) is 0.311. The summed E-state index contributed by atoms with van der Waals surface area (Å²) in [5, 5.41) is 10.9. The van der Waals surface area contributed by atoms with Crippen LogP contribution in [0.25, 0.3) is 0 Å². The van der Waals surface area contributed by atoms with E-state index in [1.54, 1.807) is 0 Å². The summed E-state index contributed by atoms with van der Waals surface area (Å²) in [6.07, 6.45) is 0. The second kappa shape index (κ2) is 7.36. The smallest absolute Gasteiger partial charge is 0.313 e. The van der Waals surface area contributed by atoms with Crippen molar-refractivity contribution in [2.45, 2.75) is 0 Å². The molecule has 0 heterocycles. The van der Waals surface area contributed by atoms with E-state index >= 15 is 0 Å². The summed E-state index contributed by atoms with van der Waals surface area (Å²) in [5.41, 5.74) is 0. The van der Waals surface area contributed by atoms with Crippen LogP contribution in [0.5, 0.6) is 0 Å². The van der Waals surface area contributed by atoms with Crippen LogP contribution in [0.15, 0.2) is 0 Å². The van der Waals surface area contributed by atoms with Crippen LogP contribution in [0.1, 0.15) is 0 Å². The van der Waals surface area contributed by atoms with E-state index in [-0.39, 0.29) is 12.5 Å². The molecule has 6 heteroatoms. The molecule has 11 heavy (non-hydrogen) atoms. The summed E-state index contributed by atoms with van der Waals surface area (Å²) in [4.78, 5) is 19.5. The summed E-state index contributed by atoms with van der Waals surface area (Å²) in [6, 6.07) is 0. The minimum Gasteiger partial charge on any atom is -0.481 e.